The van der Waals surface area contributed by atoms with E-state index < -0.39 is 0 Å². The summed E-state index contributed by atoms with van der Waals surface area (Å²) in [6.45, 7) is 6.39. The van der Waals surface area contributed by atoms with Crippen LogP contribution in [0.15, 0.2) is 64.7 Å². The van der Waals surface area contributed by atoms with Gasteiger partial charge in [-0.2, -0.15) is 5.10 Å². The predicted molar refractivity (Wildman–Crippen MR) is 105 cm³/mol. The van der Waals surface area contributed by atoms with Crippen LogP contribution in [0.3, 0.4) is 0 Å². The van der Waals surface area contributed by atoms with Crippen molar-refractivity contribution in [2.75, 3.05) is 24.4 Å². The van der Waals surface area contributed by atoms with Gasteiger partial charge in [0, 0.05) is 17.0 Å². The van der Waals surface area contributed by atoms with Crippen molar-refractivity contribution in [3.63, 3.8) is 0 Å². The lowest BCUT2D eigenvalue weighted by molar-refractivity contribution is 0.414. The van der Waals surface area contributed by atoms with Crippen molar-refractivity contribution >= 4 is 28.8 Å². The monoisotopic (exact) mass is 356 g/mol. The van der Waals surface area contributed by atoms with E-state index in [2.05, 4.69) is 22.0 Å². The molecule has 3 rings (SSSR count). The Morgan fingerprint density at radius 3 is 3.08 bits per heavy atom. The fourth-order valence-electron chi connectivity index (χ4n) is 3.03. The van der Waals surface area contributed by atoms with Crippen LogP contribution < -0.4 is 15.1 Å². The second-order valence-electron chi connectivity index (χ2n) is 5.66. The summed E-state index contributed by atoms with van der Waals surface area (Å²) in [7, 11) is 1.66. The first-order chi connectivity index (χ1) is 12.2. The number of benzene rings is 1. The van der Waals surface area contributed by atoms with Gasteiger partial charge in [0.1, 0.15) is 17.8 Å². The smallest absolute Gasteiger partial charge is 0.140 e. The Hall–Kier alpha value is -2.53. The van der Waals surface area contributed by atoms with E-state index in [0.717, 1.165) is 34.1 Å². The average Bonchev–Trinajstić information content (AvgIpc) is 2.91. The molecule has 0 aromatic heterocycles. The lowest BCUT2D eigenvalue weighted by atomic mass is 9.98. The molecular formula is C19H21ClN4O. The Bertz CT molecular complexity index is 795. The molecule has 0 spiro atoms. The lowest BCUT2D eigenvalue weighted by Crippen LogP contribution is -2.41. The van der Waals surface area contributed by atoms with E-state index in [1.165, 1.54) is 0 Å². The molecule has 1 aromatic carbocycles. The largest absolute Gasteiger partial charge is 0.497 e. The Morgan fingerprint density at radius 2 is 2.36 bits per heavy atom. The van der Waals surface area contributed by atoms with Gasteiger partial charge in [-0.3, -0.25) is 10.4 Å². The molecule has 0 amide bonds. The van der Waals surface area contributed by atoms with Crippen LogP contribution in [0, 0.1) is 0 Å². The highest BCUT2D eigenvalue weighted by Crippen LogP contribution is 2.33. The molecule has 1 N–H and O–H groups in total. The van der Waals surface area contributed by atoms with Crippen LogP contribution in [-0.4, -0.2) is 37.2 Å². The lowest BCUT2D eigenvalue weighted by Gasteiger charge is -2.25. The Kier molecular flexibility index (Phi) is 5.24. The summed E-state index contributed by atoms with van der Waals surface area (Å²) in [4.78, 5) is 7.03. The molecule has 0 saturated carbocycles. The second-order valence-corrected chi connectivity index (χ2v) is 5.97. The zero-order valence-corrected chi connectivity index (χ0v) is 15.1. The topological polar surface area (TPSA) is 49.2 Å². The number of alkyl halides is 1. The third-order valence-electron chi connectivity index (χ3n) is 4.13. The van der Waals surface area contributed by atoms with Crippen molar-refractivity contribution in [3.8, 4) is 5.75 Å². The quantitative estimate of drug-likeness (QED) is 0.649. The number of anilines is 1. The predicted octanol–water partition coefficient (Wildman–Crippen LogP) is 3.47. The molecule has 6 heteroatoms. The summed E-state index contributed by atoms with van der Waals surface area (Å²) in [5.74, 6) is 2.14. The molecule has 0 bridgehead atoms. The van der Waals surface area contributed by atoms with E-state index in [1.807, 2.05) is 43.4 Å². The highest BCUT2D eigenvalue weighted by molar-refractivity contribution is 6.21. The third kappa shape index (κ3) is 3.33. The normalized spacial score (nSPS) is 19.6. The summed E-state index contributed by atoms with van der Waals surface area (Å²) < 4.78 is 5.43. The molecular weight excluding hydrogens is 336 g/mol. The zero-order valence-electron chi connectivity index (χ0n) is 14.4. The van der Waals surface area contributed by atoms with Gasteiger partial charge in [0.25, 0.3) is 0 Å². The van der Waals surface area contributed by atoms with Gasteiger partial charge in [-0.25, -0.2) is 0 Å². The van der Waals surface area contributed by atoms with Crippen molar-refractivity contribution in [1.29, 1.82) is 0 Å². The van der Waals surface area contributed by atoms with E-state index in [-0.39, 0.29) is 6.17 Å². The number of nitrogens with zero attached hydrogens (tertiary/aromatic N) is 3. The highest BCUT2D eigenvalue weighted by atomic mass is 35.5. The summed E-state index contributed by atoms with van der Waals surface area (Å²) in [5.41, 5.74) is 7.03. The van der Waals surface area contributed by atoms with Crippen molar-refractivity contribution in [2.45, 2.75) is 13.1 Å². The number of methoxy groups -OCH3 is 1. The second kappa shape index (κ2) is 7.57. The van der Waals surface area contributed by atoms with Crippen LogP contribution in [-0.2, 0) is 0 Å². The average molecular weight is 357 g/mol. The first kappa shape index (κ1) is 17.3. The maximum absolute atomic E-state index is 5.83. The summed E-state index contributed by atoms with van der Waals surface area (Å²) in [6.07, 6.45) is 7.58. The van der Waals surface area contributed by atoms with Gasteiger partial charge in [-0.1, -0.05) is 30.9 Å². The van der Waals surface area contributed by atoms with Crippen LogP contribution in [0.2, 0.25) is 0 Å². The van der Waals surface area contributed by atoms with Gasteiger partial charge >= 0.3 is 0 Å². The number of amidine groups is 1. The molecule has 25 heavy (non-hydrogen) atoms. The number of nitrogens with one attached hydrogen (secondary N) is 1. The molecule has 1 unspecified atom stereocenters. The van der Waals surface area contributed by atoms with Crippen molar-refractivity contribution in [3.05, 3.63) is 60.2 Å². The molecule has 0 fully saturated rings. The fraction of sp³-hybridized carbons (Fsp3) is 0.263. The summed E-state index contributed by atoms with van der Waals surface area (Å²) >= 11 is 5.83. The molecule has 130 valence electrons. The number of hydrazone groups is 1. The zero-order chi connectivity index (χ0) is 17.8. The molecule has 1 atom stereocenters. The maximum atomic E-state index is 5.83. The SMILES string of the molecule is C=C/C=C(\C=C/CCl)C1=NCC2NN=C(C)N2c2ccc(OC)cc21. The number of ether oxygens (including phenoxy) is 1. The Morgan fingerprint density at radius 1 is 1.52 bits per heavy atom. The standard InChI is InChI=1S/C19H21ClN4O/c1-4-6-14(7-5-10-20)19-16-11-15(25-3)8-9-17(16)24-13(2)22-23-18(24)12-21-19/h4-9,11,18,23H,1,10,12H2,2-3H3/b7-5-,14-6+. The van der Waals surface area contributed by atoms with E-state index in [0.29, 0.717) is 12.4 Å². The summed E-state index contributed by atoms with van der Waals surface area (Å²) in [6, 6.07) is 6.01. The molecule has 0 saturated heterocycles. The molecule has 0 radical (unpaired) electrons. The minimum Gasteiger partial charge on any atom is -0.497 e. The first-order valence-electron chi connectivity index (χ1n) is 8.07. The molecule has 0 aliphatic carbocycles. The number of aliphatic imine (C=N–C) groups is 1. The minimum absolute atomic E-state index is 0.00614. The Balaban J connectivity index is 2.17. The van der Waals surface area contributed by atoms with E-state index in [4.69, 9.17) is 21.3 Å². The van der Waals surface area contributed by atoms with Crippen LogP contribution in [0.1, 0.15) is 12.5 Å². The van der Waals surface area contributed by atoms with Crippen molar-refractivity contribution < 1.29 is 4.74 Å². The van der Waals surface area contributed by atoms with Crippen molar-refractivity contribution in [2.24, 2.45) is 10.1 Å². The van der Waals surface area contributed by atoms with Crippen LogP contribution in [0.5, 0.6) is 5.75 Å². The Labute approximate surface area is 153 Å². The van der Waals surface area contributed by atoms with Crippen LogP contribution in [0.4, 0.5) is 5.69 Å². The molecule has 2 aliphatic heterocycles. The van der Waals surface area contributed by atoms with Crippen LogP contribution >= 0.6 is 11.6 Å². The number of hydrogen-bond donors (Lipinski definition) is 1. The number of allylic oxidation sites excluding steroid dienone is 5. The van der Waals surface area contributed by atoms with Crippen molar-refractivity contribution in [1.82, 2.24) is 5.43 Å². The third-order valence-corrected chi connectivity index (χ3v) is 4.31. The fourth-order valence-corrected chi connectivity index (χ4v) is 3.12. The molecule has 2 heterocycles. The molecule has 5 nitrogen and oxygen atoms in total. The maximum Gasteiger partial charge on any atom is 0.140 e. The van der Waals surface area contributed by atoms with E-state index in [9.17, 15) is 0 Å². The number of rotatable bonds is 5. The van der Waals surface area contributed by atoms with Gasteiger partial charge in [-0.15, -0.1) is 11.6 Å². The van der Waals surface area contributed by atoms with E-state index in [1.54, 1.807) is 13.2 Å². The number of fused-ring (bicyclic) bond motifs is 3. The summed E-state index contributed by atoms with van der Waals surface area (Å²) in [5, 5.41) is 4.35. The van der Waals surface area contributed by atoms with Gasteiger partial charge in [0.05, 0.1) is 25.1 Å². The van der Waals surface area contributed by atoms with E-state index >= 15 is 0 Å². The van der Waals surface area contributed by atoms with Gasteiger partial charge in [0.2, 0.25) is 0 Å². The van der Waals surface area contributed by atoms with Gasteiger partial charge < -0.3 is 9.64 Å². The number of halogens is 1. The van der Waals surface area contributed by atoms with Crippen LogP contribution in [0.25, 0.3) is 0 Å². The first-order valence-corrected chi connectivity index (χ1v) is 8.60. The molecule has 1 aromatic rings. The highest BCUT2D eigenvalue weighted by Gasteiger charge is 2.32. The number of hydrogen-bond acceptors (Lipinski definition) is 5. The van der Waals surface area contributed by atoms with Gasteiger partial charge in [-0.05, 0) is 25.1 Å². The molecule has 2 aliphatic rings. The minimum atomic E-state index is 0.00614. The van der Waals surface area contributed by atoms with Gasteiger partial charge in [0.15, 0.2) is 0 Å².